The number of anilines is 1. The molecular formula is C12H17Cl3N2. The molecule has 0 aliphatic heterocycles. The van der Waals surface area contributed by atoms with Crippen molar-refractivity contribution in [2.24, 2.45) is 0 Å². The summed E-state index contributed by atoms with van der Waals surface area (Å²) in [7, 11) is 0. The fourth-order valence-corrected chi connectivity index (χ4v) is 2.16. The van der Waals surface area contributed by atoms with Gasteiger partial charge in [-0.15, -0.1) is 0 Å². The lowest BCUT2D eigenvalue weighted by Gasteiger charge is -2.19. The van der Waals surface area contributed by atoms with E-state index < -0.39 is 0 Å². The van der Waals surface area contributed by atoms with E-state index in [1.807, 2.05) is 0 Å². The molecule has 0 radical (unpaired) electrons. The van der Waals surface area contributed by atoms with Crippen molar-refractivity contribution >= 4 is 40.5 Å². The van der Waals surface area contributed by atoms with Gasteiger partial charge in [0.1, 0.15) is 0 Å². The fraction of sp³-hybridized carbons (Fsp3) is 0.500. The van der Waals surface area contributed by atoms with Crippen molar-refractivity contribution in [3.8, 4) is 0 Å². The minimum Gasteiger partial charge on any atom is -0.383 e. The van der Waals surface area contributed by atoms with Crippen LogP contribution in [-0.4, -0.2) is 31.1 Å². The molecule has 1 aromatic rings. The highest BCUT2D eigenvalue weighted by molar-refractivity contribution is 6.44. The summed E-state index contributed by atoms with van der Waals surface area (Å²) < 4.78 is 0. The van der Waals surface area contributed by atoms with Crippen LogP contribution in [0.1, 0.15) is 13.8 Å². The minimum absolute atomic E-state index is 0.478. The van der Waals surface area contributed by atoms with Gasteiger partial charge in [-0.25, -0.2) is 0 Å². The minimum atomic E-state index is 0.478. The fourth-order valence-electron chi connectivity index (χ4n) is 1.55. The first-order chi connectivity index (χ1) is 8.08. The Morgan fingerprint density at radius 2 is 1.59 bits per heavy atom. The van der Waals surface area contributed by atoms with E-state index in [0.29, 0.717) is 15.1 Å². The molecule has 0 aromatic heterocycles. The van der Waals surface area contributed by atoms with Crippen LogP contribution in [0.4, 0.5) is 5.69 Å². The number of nitrogens with zero attached hydrogens (tertiary/aromatic N) is 1. The molecule has 0 amide bonds. The Bertz CT molecular complexity index is 365. The zero-order chi connectivity index (χ0) is 12.8. The third kappa shape index (κ3) is 4.55. The Kier molecular flexibility index (Phi) is 6.42. The van der Waals surface area contributed by atoms with Crippen LogP contribution < -0.4 is 5.32 Å². The predicted molar refractivity (Wildman–Crippen MR) is 77.7 cm³/mol. The number of nitrogens with one attached hydrogen (secondary N) is 1. The quantitative estimate of drug-likeness (QED) is 0.783. The summed E-state index contributed by atoms with van der Waals surface area (Å²) >= 11 is 17.9. The van der Waals surface area contributed by atoms with Gasteiger partial charge in [0.2, 0.25) is 0 Å². The second kappa shape index (κ2) is 7.32. The van der Waals surface area contributed by atoms with E-state index in [1.54, 1.807) is 12.1 Å². The van der Waals surface area contributed by atoms with Gasteiger partial charge in [-0.05, 0) is 25.2 Å². The molecule has 1 aromatic carbocycles. The van der Waals surface area contributed by atoms with Gasteiger partial charge >= 0.3 is 0 Å². The van der Waals surface area contributed by atoms with Crippen LogP contribution >= 0.6 is 34.8 Å². The Morgan fingerprint density at radius 3 is 2.18 bits per heavy atom. The lowest BCUT2D eigenvalue weighted by atomic mass is 10.3. The summed E-state index contributed by atoms with van der Waals surface area (Å²) in [6, 6.07) is 3.42. The van der Waals surface area contributed by atoms with Gasteiger partial charge in [0.25, 0.3) is 0 Å². The van der Waals surface area contributed by atoms with Gasteiger partial charge in [0.05, 0.1) is 20.8 Å². The van der Waals surface area contributed by atoms with Crippen molar-refractivity contribution in [2.75, 3.05) is 31.5 Å². The third-order valence-electron chi connectivity index (χ3n) is 2.65. The van der Waals surface area contributed by atoms with Crippen molar-refractivity contribution in [2.45, 2.75) is 13.8 Å². The van der Waals surface area contributed by atoms with Crippen molar-refractivity contribution in [1.82, 2.24) is 4.90 Å². The van der Waals surface area contributed by atoms with Gasteiger partial charge in [-0.1, -0.05) is 48.7 Å². The van der Waals surface area contributed by atoms with Crippen molar-refractivity contribution in [1.29, 1.82) is 0 Å². The summed E-state index contributed by atoms with van der Waals surface area (Å²) in [6.07, 6.45) is 0. The highest BCUT2D eigenvalue weighted by Gasteiger charge is 2.06. The molecule has 1 N–H and O–H groups in total. The summed E-state index contributed by atoms with van der Waals surface area (Å²) in [6.45, 7) is 8.20. The molecule has 96 valence electrons. The summed E-state index contributed by atoms with van der Waals surface area (Å²) in [4.78, 5) is 2.33. The number of rotatable bonds is 6. The van der Waals surface area contributed by atoms with Crippen molar-refractivity contribution in [3.05, 3.63) is 27.2 Å². The average Bonchev–Trinajstić information content (AvgIpc) is 2.31. The van der Waals surface area contributed by atoms with Crippen LogP contribution in [0.5, 0.6) is 0 Å². The molecule has 0 spiro atoms. The smallest absolute Gasteiger partial charge is 0.0653 e. The predicted octanol–water partition coefficient (Wildman–Crippen LogP) is 4.40. The molecule has 17 heavy (non-hydrogen) atoms. The summed E-state index contributed by atoms with van der Waals surface area (Å²) in [5.74, 6) is 0. The number of hydrogen-bond acceptors (Lipinski definition) is 2. The molecule has 0 heterocycles. The van der Waals surface area contributed by atoms with Gasteiger partial charge in [-0.3, -0.25) is 0 Å². The Labute approximate surface area is 118 Å². The van der Waals surface area contributed by atoms with Crippen LogP contribution in [0, 0.1) is 0 Å². The van der Waals surface area contributed by atoms with Crippen LogP contribution in [0.2, 0.25) is 15.1 Å². The molecule has 2 nitrogen and oxygen atoms in total. The lowest BCUT2D eigenvalue weighted by Crippen LogP contribution is -2.28. The molecule has 0 aliphatic carbocycles. The molecule has 0 saturated carbocycles. The monoisotopic (exact) mass is 294 g/mol. The molecule has 0 atom stereocenters. The average molecular weight is 296 g/mol. The largest absolute Gasteiger partial charge is 0.383 e. The molecule has 0 unspecified atom stereocenters. The van der Waals surface area contributed by atoms with Crippen molar-refractivity contribution < 1.29 is 0 Å². The molecule has 5 heteroatoms. The molecular weight excluding hydrogens is 279 g/mol. The molecule has 1 rings (SSSR count). The highest BCUT2D eigenvalue weighted by Crippen LogP contribution is 2.31. The first-order valence-corrected chi connectivity index (χ1v) is 6.82. The van der Waals surface area contributed by atoms with Gasteiger partial charge < -0.3 is 10.2 Å². The third-order valence-corrected chi connectivity index (χ3v) is 3.68. The first-order valence-electron chi connectivity index (χ1n) is 5.69. The maximum Gasteiger partial charge on any atom is 0.0653 e. The standard InChI is InChI=1S/C12H17Cl3N2/c1-3-17(4-2)6-5-16-12-8-10(14)9(13)7-11(12)15/h7-8,16H,3-6H2,1-2H3. The SMILES string of the molecule is CCN(CC)CCNc1cc(Cl)c(Cl)cc1Cl. The number of likely N-dealkylation sites (N-methyl/N-ethyl adjacent to an activating group) is 1. The number of hydrogen-bond donors (Lipinski definition) is 1. The lowest BCUT2D eigenvalue weighted by molar-refractivity contribution is 0.316. The van der Waals surface area contributed by atoms with Crippen molar-refractivity contribution in [3.63, 3.8) is 0 Å². The summed E-state index contributed by atoms with van der Waals surface area (Å²) in [5.41, 5.74) is 0.827. The van der Waals surface area contributed by atoms with Crippen LogP contribution in [0.3, 0.4) is 0 Å². The normalized spacial score (nSPS) is 10.9. The Balaban J connectivity index is 2.55. The maximum absolute atomic E-state index is 6.07. The second-order valence-electron chi connectivity index (χ2n) is 3.70. The van der Waals surface area contributed by atoms with E-state index in [4.69, 9.17) is 34.8 Å². The molecule has 0 bridgehead atoms. The zero-order valence-electron chi connectivity index (χ0n) is 10.1. The van der Waals surface area contributed by atoms with E-state index in [-0.39, 0.29) is 0 Å². The molecule has 0 fully saturated rings. The second-order valence-corrected chi connectivity index (χ2v) is 4.92. The maximum atomic E-state index is 6.07. The van der Waals surface area contributed by atoms with Gasteiger partial charge in [0, 0.05) is 13.1 Å². The Hall–Kier alpha value is -0.150. The van der Waals surface area contributed by atoms with E-state index in [0.717, 1.165) is 31.9 Å². The van der Waals surface area contributed by atoms with E-state index in [1.165, 1.54) is 0 Å². The van der Waals surface area contributed by atoms with E-state index in [9.17, 15) is 0 Å². The first kappa shape index (κ1) is 14.9. The number of benzene rings is 1. The van der Waals surface area contributed by atoms with Crippen LogP contribution in [-0.2, 0) is 0 Å². The number of halogens is 3. The van der Waals surface area contributed by atoms with Crippen LogP contribution in [0.15, 0.2) is 12.1 Å². The van der Waals surface area contributed by atoms with Gasteiger partial charge in [0.15, 0.2) is 0 Å². The summed E-state index contributed by atoms with van der Waals surface area (Å²) in [5, 5.41) is 4.85. The highest BCUT2D eigenvalue weighted by atomic mass is 35.5. The topological polar surface area (TPSA) is 15.3 Å². The molecule has 0 aliphatic rings. The molecule has 0 saturated heterocycles. The van der Waals surface area contributed by atoms with E-state index >= 15 is 0 Å². The van der Waals surface area contributed by atoms with Gasteiger partial charge in [-0.2, -0.15) is 0 Å². The Morgan fingerprint density at radius 1 is 1.00 bits per heavy atom. The zero-order valence-corrected chi connectivity index (χ0v) is 12.3. The van der Waals surface area contributed by atoms with E-state index in [2.05, 4.69) is 24.1 Å². The van der Waals surface area contributed by atoms with Crippen LogP contribution in [0.25, 0.3) is 0 Å².